The van der Waals surface area contributed by atoms with E-state index in [0.717, 1.165) is 32.7 Å². The van der Waals surface area contributed by atoms with Crippen molar-refractivity contribution in [2.75, 3.05) is 39.4 Å². The first-order chi connectivity index (χ1) is 10.1. The number of hydrogen-bond acceptors (Lipinski definition) is 3. The Kier molecular flexibility index (Phi) is 4.57. The molecule has 1 atom stereocenters. The minimum absolute atomic E-state index is 0.154. The molecule has 0 aliphatic carbocycles. The molecule has 2 heterocycles. The molecule has 21 heavy (non-hydrogen) atoms. The van der Waals surface area contributed by atoms with Crippen LogP contribution in [0.3, 0.4) is 0 Å². The highest BCUT2D eigenvalue weighted by Crippen LogP contribution is 2.22. The molecular formula is C15H18BrFN2O2. The number of likely N-dealkylation sites (tertiary alicyclic amines) is 1. The minimum atomic E-state index is -0.468. The highest BCUT2D eigenvalue weighted by Gasteiger charge is 2.32. The summed E-state index contributed by atoms with van der Waals surface area (Å²) >= 11 is 3.21. The molecule has 0 saturated carbocycles. The van der Waals surface area contributed by atoms with Crippen LogP contribution in [0.5, 0.6) is 0 Å². The molecule has 6 heteroatoms. The van der Waals surface area contributed by atoms with E-state index in [1.807, 2.05) is 0 Å². The average molecular weight is 357 g/mol. The van der Waals surface area contributed by atoms with E-state index in [2.05, 4.69) is 20.8 Å². The molecule has 0 N–H and O–H groups in total. The second kappa shape index (κ2) is 6.42. The zero-order chi connectivity index (χ0) is 14.8. The SMILES string of the molecule is O=C(c1ccc(Br)cc1F)N1CCC(N2CCOCC2)C1. The van der Waals surface area contributed by atoms with Gasteiger partial charge in [-0.1, -0.05) is 15.9 Å². The third-order valence-corrected chi connectivity index (χ3v) is 4.67. The van der Waals surface area contributed by atoms with Gasteiger partial charge in [0.1, 0.15) is 5.82 Å². The lowest BCUT2D eigenvalue weighted by Gasteiger charge is -2.32. The number of amides is 1. The summed E-state index contributed by atoms with van der Waals surface area (Å²) in [6.07, 6.45) is 0.948. The van der Waals surface area contributed by atoms with E-state index in [1.54, 1.807) is 17.0 Å². The highest BCUT2D eigenvalue weighted by atomic mass is 79.9. The number of hydrogen-bond donors (Lipinski definition) is 0. The van der Waals surface area contributed by atoms with Crippen molar-refractivity contribution >= 4 is 21.8 Å². The number of nitrogens with zero attached hydrogens (tertiary/aromatic N) is 2. The largest absolute Gasteiger partial charge is 0.379 e. The maximum Gasteiger partial charge on any atom is 0.256 e. The molecule has 0 bridgehead atoms. The van der Waals surface area contributed by atoms with E-state index < -0.39 is 5.82 Å². The van der Waals surface area contributed by atoms with E-state index in [1.165, 1.54) is 6.07 Å². The zero-order valence-electron chi connectivity index (χ0n) is 11.7. The Morgan fingerprint density at radius 1 is 1.29 bits per heavy atom. The Hall–Kier alpha value is -0.980. The van der Waals surface area contributed by atoms with Gasteiger partial charge in [0, 0.05) is 36.7 Å². The lowest BCUT2D eigenvalue weighted by molar-refractivity contribution is 0.0185. The molecule has 2 aliphatic rings. The van der Waals surface area contributed by atoms with Crippen LogP contribution in [0.2, 0.25) is 0 Å². The van der Waals surface area contributed by atoms with Gasteiger partial charge in [-0.3, -0.25) is 9.69 Å². The molecule has 4 nitrogen and oxygen atoms in total. The van der Waals surface area contributed by atoms with Crippen LogP contribution < -0.4 is 0 Å². The van der Waals surface area contributed by atoms with E-state index in [-0.39, 0.29) is 11.5 Å². The van der Waals surface area contributed by atoms with Crippen molar-refractivity contribution in [1.29, 1.82) is 0 Å². The maximum atomic E-state index is 13.9. The molecule has 2 aliphatic heterocycles. The molecule has 1 aromatic rings. The molecule has 0 spiro atoms. The standard InChI is InChI=1S/C15H18BrFN2O2/c16-11-1-2-13(14(17)9-11)15(20)19-4-3-12(10-19)18-5-7-21-8-6-18/h1-2,9,12H,3-8,10H2. The first-order valence-electron chi connectivity index (χ1n) is 7.21. The lowest BCUT2D eigenvalue weighted by atomic mass is 10.2. The Bertz CT molecular complexity index is 534. The number of halogens is 2. The average Bonchev–Trinajstić information content (AvgIpc) is 2.97. The summed E-state index contributed by atoms with van der Waals surface area (Å²) in [5, 5.41) is 0. The summed E-state index contributed by atoms with van der Waals surface area (Å²) in [6.45, 7) is 4.71. The van der Waals surface area contributed by atoms with E-state index >= 15 is 0 Å². The van der Waals surface area contributed by atoms with E-state index in [9.17, 15) is 9.18 Å². The van der Waals surface area contributed by atoms with Crippen LogP contribution in [-0.4, -0.2) is 61.1 Å². The Balaban J connectivity index is 1.66. The van der Waals surface area contributed by atoms with Gasteiger partial charge in [0.2, 0.25) is 0 Å². The van der Waals surface area contributed by atoms with Gasteiger partial charge in [-0.25, -0.2) is 4.39 Å². The van der Waals surface area contributed by atoms with Gasteiger partial charge in [0.05, 0.1) is 18.8 Å². The molecule has 1 aromatic carbocycles. The number of ether oxygens (including phenoxy) is 1. The first kappa shape index (κ1) is 14.9. The summed E-state index contributed by atoms with van der Waals surface area (Å²) < 4.78 is 19.9. The fourth-order valence-electron chi connectivity index (χ4n) is 3.00. The van der Waals surface area contributed by atoms with Crippen LogP contribution in [0.25, 0.3) is 0 Å². The summed E-state index contributed by atoms with van der Waals surface area (Å²) in [7, 11) is 0. The van der Waals surface area contributed by atoms with E-state index in [4.69, 9.17) is 4.74 Å². The van der Waals surface area contributed by atoms with Crippen molar-refractivity contribution in [2.45, 2.75) is 12.5 Å². The Morgan fingerprint density at radius 2 is 2.05 bits per heavy atom. The van der Waals surface area contributed by atoms with Crippen LogP contribution in [0.15, 0.2) is 22.7 Å². The molecule has 2 saturated heterocycles. The minimum Gasteiger partial charge on any atom is -0.379 e. The zero-order valence-corrected chi connectivity index (χ0v) is 13.3. The van der Waals surface area contributed by atoms with Gasteiger partial charge in [0.25, 0.3) is 5.91 Å². The fourth-order valence-corrected chi connectivity index (χ4v) is 3.33. The van der Waals surface area contributed by atoms with Crippen molar-refractivity contribution in [1.82, 2.24) is 9.80 Å². The van der Waals surface area contributed by atoms with Crippen LogP contribution in [0.1, 0.15) is 16.8 Å². The molecular weight excluding hydrogens is 339 g/mol. The Morgan fingerprint density at radius 3 is 2.76 bits per heavy atom. The van der Waals surface area contributed by atoms with Crippen molar-refractivity contribution in [3.05, 3.63) is 34.1 Å². The van der Waals surface area contributed by atoms with Crippen LogP contribution in [0.4, 0.5) is 4.39 Å². The van der Waals surface area contributed by atoms with Crippen molar-refractivity contribution < 1.29 is 13.9 Å². The second-order valence-electron chi connectivity index (χ2n) is 5.47. The van der Waals surface area contributed by atoms with Crippen LogP contribution in [-0.2, 0) is 4.74 Å². The number of carbonyl (C=O) groups is 1. The van der Waals surface area contributed by atoms with Gasteiger partial charge in [-0.2, -0.15) is 0 Å². The maximum absolute atomic E-state index is 13.9. The topological polar surface area (TPSA) is 32.8 Å². The molecule has 0 aromatic heterocycles. The predicted octanol–water partition coefficient (Wildman–Crippen LogP) is 2.13. The second-order valence-corrected chi connectivity index (χ2v) is 6.38. The number of morpholine rings is 1. The Labute approximate surface area is 132 Å². The van der Waals surface area contributed by atoms with E-state index in [0.29, 0.717) is 23.6 Å². The summed E-state index contributed by atoms with van der Waals surface area (Å²) in [5.74, 6) is -0.681. The molecule has 1 unspecified atom stereocenters. The van der Waals surface area contributed by atoms with Crippen molar-refractivity contribution in [3.8, 4) is 0 Å². The van der Waals surface area contributed by atoms with Crippen molar-refractivity contribution in [2.24, 2.45) is 0 Å². The van der Waals surface area contributed by atoms with Gasteiger partial charge < -0.3 is 9.64 Å². The monoisotopic (exact) mass is 356 g/mol. The normalized spacial score (nSPS) is 23.5. The van der Waals surface area contributed by atoms with Crippen molar-refractivity contribution in [3.63, 3.8) is 0 Å². The summed E-state index contributed by atoms with van der Waals surface area (Å²) in [5.41, 5.74) is 0.154. The van der Waals surface area contributed by atoms with Gasteiger partial charge in [-0.05, 0) is 24.6 Å². The molecule has 0 radical (unpaired) electrons. The fraction of sp³-hybridized carbons (Fsp3) is 0.533. The third-order valence-electron chi connectivity index (χ3n) is 4.17. The molecule has 114 valence electrons. The highest BCUT2D eigenvalue weighted by molar-refractivity contribution is 9.10. The number of carbonyl (C=O) groups excluding carboxylic acids is 1. The lowest BCUT2D eigenvalue weighted by Crippen LogP contribution is -2.45. The smallest absolute Gasteiger partial charge is 0.256 e. The molecule has 2 fully saturated rings. The third kappa shape index (κ3) is 3.27. The quantitative estimate of drug-likeness (QED) is 0.813. The first-order valence-corrected chi connectivity index (χ1v) is 8.00. The summed E-state index contributed by atoms with van der Waals surface area (Å²) in [4.78, 5) is 16.6. The molecule has 1 amide bonds. The van der Waals surface area contributed by atoms with Crippen LogP contribution >= 0.6 is 15.9 Å². The molecule has 3 rings (SSSR count). The number of benzene rings is 1. The predicted molar refractivity (Wildman–Crippen MR) is 80.8 cm³/mol. The van der Waals surface area contributed by atoms with Gasteiger partial charge in [0.15, 0.2) is 0 Å². The van der Waals surface area contributed by atoms with Gasteiger partial charge in [-0.15, -0.1) is 0 Å². The van der Waals surface area contributed by atoms with Crippen LogP contribution in [0, 0.1) is 5.82 Å². The summed E-state index contributed by atoms with van der Waals surface area (Å²) in [6, 6.07) is 4.95. The number of rotatable bonds is 2. The van der Waals surface area contributed by atoms with Gasteiger partial charge >= 0.3 is 0 Å².